The number of amides is 1. The Bertz CT molecular complexity index is 1210. The maximum absolute atomic E-state index is 12.2. The van der Waals surface area contributed by atoms with Crippen molar-refractivity contribution < 1.29 is 14.3 Å². The number of halogens is 1. The van der Waals surface area contributed by atoms with Crippen LogP contribution in [-0.4, -0.2) is 35.8 Å². The maximum atomic E-state index is 12.2. The third-order valence-corrected chi connectivity index (χ3v) is 5.81. The summed E-state index contributed by atoms with van der Waals surface area (Å²) in [5.74, 6) is 1.37. The number of methoxy groups -OCH3 is 1. The molecule has 4 rings (SSSR count). The lowest BCUT2D eigenvalue weighted by molar-refractivity contribution is -0.118. The predicted octanol–water partition coefficient (Wildman–Crippen LogP) is 4.43. The molecule has 1 heterocycles. The highest BCUT2D eigenvalue weighted by Gasteiger charge is 2.20. The van der Waals surface area contributed by atoms with Crippen LogP contribution in [0, 0.1) is 0 Å². The van der Waals surface area contributed by atoms with Crippen LogP contribution >= 0.6 is 11.6 Å². The summed E-state index contributed by atoms with van der Waals surface area (Å²) in [6, 6.07) is 11.0. The second-order valence-electron chi connectivity index (χ2n) is 7.59. The van der Waals surface area contributed by atoms with Gasteiger partial charge in [-0.25, -0.2) is 4.98 Å². The number of nitrogens with one attached hydrogen (secondary N) is 3. The number of para-hydroxylation sites is 1. The molecule has 3 aromatic rings. The van der Waals surface area contributed by atoms with Gasteiger partial charge in [-0.1, -0.05) is 29.8 Å². The summed E-state index contributed by atoms with van der Waals surface area (Å²) in [4.78, 5) is 32.9. The van der Waals surface area contributed by atoms with E-state index in [1.165, 1.54) is 6.20 Å². The van der Waals surface area contributed by atoms with Crippen molar-refractivity contribution >= 4 is 46.4 Å². The molecule has 3 N–H and O–H groups in total. The number of benzene rings is 2. The van der Waals surface area contributed by atoms with Gasteiger partial charge in [-0.05, 0) is 42.2 Å². The molecule has 8 nitrogen and oxygen atoms in total. The lowest BCUT2D eigenvalue weighted by Gasteiger charge is -2.17. The van der Waals surface area contributed by atoms with E-state index in [-0.39, 0.29) is 11.7 Å². The first-order valence-corrected chi connectivity index (χ1v) is 11.0. The molecule has 0 unspecified atom stereocenters. The van der Waals surface area contributed by atoms with Crippen molar-refractivity contribution in [1.82, 2.24) is 15.3 Å². The first-order valence-electron chi connectivity index (χ1n) is 10.6. The summed E-state index contributed by atoms with van der Waals surface area (Å²) in [5.41, 5.74) is 3.88. The Hall–Kier alpha value is -3.65. The van der Waals surface area contributed by atoms with Gasteiger partial charge in [-0.3, -0.25) is 9.59 Å². The van der Waals surface area contributed by atoms with E-state index in [4.69, 9.17) is 16.3 Å². The number of hydrogen-bond acceptors (Lipinski definition) is 7. The Labute approximate surface area is 196 Å². The third-order valence-electron chi connectivity index (χ3n) is 5.53. The number of carbonyl (C=O) groups excluding carboxylic acids is 2. The van der Waals surface area contributed by atoms with Gasteiger partial charge in [-0.2, -0.15) is 4.98 Å². The number of rotatable bonds is 6. The molecule has 2 aromatic carbocycles. The molecule has 170 valence electrons. The minimum Gasteiger partial charge on any atom is -0.494 e. The number of anilines is 4. The number of Topliss-reactive ketones (excluding diaryl/α,β-unsaturated/α-hetero) is 1. The molecule has 0 spiro atoms. The average molecular weight is 466 g/mol. The summed E-state index contributed by atoms with van der Waals surface area (Å²) >= 11 is 6.33. The summed E-state index contributed by atoms with van der Waals surface area (Å²) in [5, 5.41) is 9.24. The van der Waals surface area contributed by atoms with E-state index in [0.717, 1.165) is 11.1 Å². The number of hydrogen-bond donors (Lipinski definition) is 3. The predicted molar refractivity (Wildman–Crippen MR) is 128 cm³/mol. The van der Waals surface area contributed by atoms with Crippen LogP contribution in [0.15, 0.2) is 42.6 Å². The van der Waals surface area contributed by atoms with Crippen molar-refractivity contribution in [1.29, 1.82) is 0 Å². The molecule has 0 radical (unpaired) electrons. The van der Waals surface area contributed by atoms with Gasteiger partial charge in [0.25, 0.3) is 5.91 Å². The van der Waals surface area contributed by atoms with Crippen molar-refractivity contribution in [2.45, 2.75) is 25.7 Å². The van der Waals surface area contributed by atoms with Crippen LogP contribution in [0.1, 0.15) is 34.3 Å². The fourth-order valence-electron chi connectivity index (χ4n) is 3.86. The van der Waals surface area contributed by atoms with Crippen molar-refractivity contribution in [3.63, 3.8) is 0 Å². The highest BCUT2D eigenvalue weighted by atomic mass is 35.5. The number of aryl methyl sites for hydroxylation is 1. The Morgan fingerprint density at radius 1 is 1.03 bits per heavy atom. The Morgan fingerprint density at radius 2 is 1.82 bits per heavy atom. The van der Waals surface area contributed by atoms with Crippen LogP contribution < -0.4 is 20.7 Å². The van der Waals surface area contributed by atoms with E-state index in [0.29, 0.717) is 65.2 Å². The molecule has 1 aliphatic rings. The molecule has 0 bridgehead atoms. The summed E-state index contributed by atoms with van der Waals surface area (Å²) in [7, 11) is 3.18. The molecule has 1 aromatic heterocycles. The largest absolute Gasteiger partial charge is 0.494 e. The number of carbonyl (C=O) groups is 2. The van der Waals surface area contributed by atoms with E-state index in [1.54, 1.807) is 32.4 Å². The van der Waals surface area contributed by atoms with E-state index < -0.39 is 0 Å². The van der Waals surface area contributed by atoms with Crippen LogP contribution in [0.3, 0.4) is 0 Å². The topological polar surface area (TPSA) is 105 Å². The highest BCUT2D eigenvalue weighted by Crippen LogP contribution is 2.36. The van der Waals surface area contributed by atoms with Gasteiger partial charge in [0.1, 0.15) is 16.6 Å². The average Bonchev–Trinajstić information content (AvgIpc) is 3.02. The van der Waals surface area contributed by atoms with Gasteiger partial charge in [-0.15, -0.1) is 0 Å². The van der Waals surface area contributed by atoms with Gasteiger partial charge in [0, 0.05) is 19.9 Å². The van der Waals surface area contributed by atoms with Gasteiger partial charge < -0.3 is 20.7 Å². The van der Waals surface area contributed by atoms with Crippen LogP contribution in [0.4, 0.5) is 23.1 Å². The van der Waals surface area contributed by atoms with E-state index in [1.807, 2.05) is 18.2 Å². The van der Waals surface area contributed by atoms with Gasteiger partial charge >= 0.3 is 0 Å². The first-order chi connectivity index (χ1) is 16.0. The zero-order valence-electron chi connectivity index (χ0n) is 18.4. The lowest BCUT2D eigenvalue weighted by atomic mass is 10.0. The normalized spacial score (nSPS) is 13.0. The molecular formula is C24H24ClN5O3. The molecule has 1 amide bonds. The molecular weight excluding hydrogens is 442 g/mol. The first kappa shape index (κ1) is 22.5. The molecule has 0 atom stereocenters. The van der Waals surface area contributed by atoms with Gasteiger partial charge in [0.2, 0.25) is 5.95 Å². The molecule has 9 heteroatoms. The molecule has 0 saturated carbocycles. The van der Waals surface area contributed by atoms with Crippen molar-refractivity contribution in [3.05, 3.63) is 64.3 Å². The molecule has 1 aliphatic carbocycles. The zero-order chi connectivity index (χ0) is 23.4. The minimum absolute atomic E-state index is 0.227. The number of ether oxygens (including phenoxy) is 1. The molecule has 33 heavy (non-hydrogen) atoms. The SMILES string of the molecule is CNC(=O)c1ccccc1Nc1nc(Nc2ccc3c(c2OC)CCC(=O)CC3)ncc1Cl. The Balaban J connectivity index is 1.64. The van der Waals surface area contributed by atoms with Crippen LogP contribution in [0.25, 0.3) is 0 Å². The Morgan fingerprint density at radius 3 is 2.61 bits per heavy atom. The molecule has 0 aliphatic heterocycles. The van der Waals surface area contributed by atoms with Crippen LogP contribution in [0.5, 0.6) is 5.75 Å². The fourth-order valence-corrected chi connectivity index (χ4v) is 4.00. The zero-order valence-corrected chi connectivity index (χ0v) is 19.1. The quantitative estimate of drug-likeness (QED) is 0.462. The van der Waals surface area contributed by atoms with Gasteiger partial charge in [0.15, 0.2) is 5.82 Å². The second kappa shape index (κ2) is 9.87. The Kier molecular flexibility index (Phi) is 6.74. The van der Waals surface area contributed by atoms with Crippen LogP contribution in [-0.2, 0) is 17.6 Å². The summed E-state index contributed by atoms with van der Waals surface area (Å²) in [6.45, 7) is 0. The third kappa shape index (κ3) is 4.90. The highest BCUT2D eigenvalue weighted by molar-refractivity contribution is 6.33. The van der Waals surface area contributed by atoms with Gasteiger partial charge in [0.05, 0.1) is 30.2 Å². The maximum Gasteiger partial charge on any atom is 0.253 e. The number of aromatic nitrogens is 2. The van der Waals surface area contributed by atoms with Crippen LogP contribution in [0.2, 0.25) is 5.02 Å². The molecule has 0 fully saturated rings. The number of ketones is 1. The van der Waals surface area contributed by atoms with Crippen molar-refractivity contribution in [2.75, 3.05) is 24.8 Å². The van der Waals surface area contributed by atoms with Crippen molar-refractivity contribution in [2.24, 2.45) is 0 Å². The fraction of sp³-hybridized carbons (Fsp3) is 0.250. The molecule has 0 saturated heterocycles. The standard InChI is InChI=1S/C24H24ClN5O3/c1-26-23(32)17-5-3-4-6-19(17)28-22-18(25)13-27-24(30-22)29-20-12-8-14-7-9-15(31)10-11-16(14)21(20)33-2/h3-6,8,12-13H,7,9-11H2,1-2H3,(H,26,32)(H2,27,28,29,30). The smallest absolute Gasteiger partial charge is 0.253 e. The minimum atomic E-state index is -0.227. The number of fused-ring (bicyclic) bond motifs is 1. The second-order valence-corrected chi connectivity index (χ2v) is 7.99. The number of nitrogens with zero attached hydrogens (tertiary/aromatic N) is 2. The summed E-state index contributed by atoms with van der Waals surface area (Å²) in [6.07, 6.45) is 3.88. The monoisotopic (exact) mass is 465 g/mol. The van der Waals surface area contributed by atoms with E-state index in [9.17, 15) is 9.59 Å². The van der Waals surface area contributed by atoms with E-state index in [2.05, 4.69) is 25.9 Å². The summed E-state index contributed by atoms with van der Waals surface area (Å²) < 4.78 is 5.70. The lowest BCUT2D eigenvalue weighted by Crippen LogP contribution is -2.19. The van der Waals surface area contributed by atoms with Crippen molar-refractivity contribution in [3.8, 4) is 5.75 Å². The van der Waals surface area contributed by atoms with E-state index >= 15 is 0 Å².